The van der Waals surface area contributed by atoms with Gasteiger partial charge in [-0.05, 0) is 40.1 Å². The second-order valence-corrected chi connectivity index (χ2v) is 7.45. The summed E-state index contributed by atoms with van der Waals surface area (Å²) >= 11 is 0. The lowest BCUT2D eigenvalue weighted by molar-refractivity contribution is -0.121. The number of carbonyl (C=O) groups is 1. The number of nitrogens with one attached hydrogen (secondary N) is 1. The number of hydrogen-bond donors (Lipinski definition) is 2. The molecule has 0 saturated carbocycles. The molecule has 0 radical (unpaired) electrons. The van der Waals surface area contributed by atoms with Crippen LogP contribution in [-0.2, 0) is 25.4 Å². The molecule has 2 aromatic carbocycles. The highest BCUT2D eigenvalue weighted by molar-refractivity contribution is 5.89. The van der Waals surface area contributed by atoms with Crippen LogP contribution in [0, 0.1) is 0 Å². The first-order valence-electron chi connectivity index (χ1n) is 9.95. The highest BCUT2D eigenvalue weighted by Gasteiger charge is 2.20. The number of aromatic nitrogens is 6. The minimum atomic E-state index is -0.376. The van der Waals surface area contributed by atoms with Crippen molar-refractivity contribution in [2.45, 2.75) is 6.54 Å². The lowest BCUT2D eigenvalue weighted by atomic mass is 10.2. The molecule has 0 spiro atoms. The smallest absolute Gasteiger partial charge is 0.328 e. The summed E-state index contributed by atoms with van der Waals surface area (Å²) in [6.07, 6.45) is 1.52. The fourth-order valence-corrected chi connectivity index (χ4v) is 3.73. The standard InChI is InChI=1S/C21H19N9O3/c1-28-15-8-7-12(9-16(15)29(2)21(28)32)10-23-25-17(31)11-30-14-6-4-3-5-13(14)24-20(30)18-19(22)27-33-26-18/h3-10H,11H2,1-2H3,(H2,22,27)(H,25,31). The average Bonchev–Trinajstić information content (AvgIpc) is 3.46. The third kappa shape index (κ3) is 3.43. The zero-order valence-corrected chi connectivity index (χ0v) is 17.8. The summed E-state index contributed by atoms with van der Waals surface area (Å²) in [5, 5.41) is 11.5. The normalized spacial score (nSPS) is 11.7. The van der Waals surface area contributed by atoms with Crippen molar-refractivity contribution in [3.8, 4) is 11.5 Å². The summed E-state index contributed by atoms with van der Waals surface area (Å²) in [7, 11) is 3.42. The molecule has 5 aromatic rings. The van der Waals surface area contributed by atoms with Crippen molar-refractivity contribution in [3.63, 3.8) is 0 Å². The van der Waals surface area contributed by atoms with Crippen LogP contribution in [0.15, 0.2) is 57.0 Å². The monoisotopic (exact) mass is 445 g/mol. The van der Waals surface area contributed by atoms with Crippen molar-refractivity contribution in [3.05, 3.63) is 58.5 Å². The van der Waals surface area contributed by atoms with Gasteiger partial charge in [0.25, 0.3) is 5.91 Å². The van der Waals surface area contributed by atoms with Crippen molar-refractivity contribution in [1.29, 1.82) is 0 Å². The number of benzene rings is 2. The van der Waals surface area contributed by atoms with E-state index in [1.54, 1.807) is 27.8 Å². The third-order valence-electron chi connectivity index (χ3n) is 5.38. The molecule has 0 fully saturated rings. The molecule has 0 aliphatic heterocycles. The summed E-state index contributed by atoms with van der Waals surface area (Å²) in [5.41, 5.74) is 12.2. The van der Waals surface area contributed by atoms with Gasteiger partial charge in [0.2, 0.25) is 0 Å². The fourth-order valence-electron chi connectivity index (χ4n) is 3.73. The highest BCUT2D eigenvalue weighted by Crippen LogP contribution is 2.26. The maximum Gasteiger partial charge on any atom is 0.328 e. The number of nitrogens with zero attached hydrogens (tertiary/aromatic N) is 7. The number of anilines is 1. The number of carbonyl (C=O) groups excluding carboxylic acids is 1. The minimum Gasteiger partial charge on any atom is -0.379 e. The van der Waals surface area contributed by atoms with Gasteiger partial charge < -0.3 is 10.3 Å². The first-order valence-corrected chi connectivity index (χ1v) is 9.95. The van der Waals surface area contributed by atoms with E-state index in [2.05, 4.69) is 25.8 Å². The van der Waals surface area contributed by atoms with E-state index in [0.717, 1.165) is 22.1 Å². The van der Waals surface area contributed by atoms with Crippen molar-refractivity contribution in [1.82, 2.24) is 34.4 Å². The van der Waals surface area contributed by atoms with Gasteiger partial charge in [-0.3, -0.25) is 13.9 Å². The Morgan fingerprint density at radius 2 is 1.91 bits per heavy atom. The Labute approximate surface area is 185 Å². The molecule has 166 valence electrons. The van der Waals surface area contributed by atoms with E-state index in [1.807, 2.05) is 42.5 Å². The highest BCUT2D eigenvalue weighted by atomic mass is 16.6. The predicted octanol–water partition coefficient (Wildman–Crippen LogP) is 1.01. The lowest BCUT2D eigenvalue weighted by Gasteiger charge is -2.06. The molecule has 0 atom stereocenters. The molecule has 0 unspecified atom stereocenters. The molecule has 3 N–H and O–H groups in total. The molecule has 1 amide bonds. The van der Waals surface area contributed by atoms with Crippen LogP contribution in [0.1, 0.15) is 5.56 Å². The molecule has 0 aliphatic carbocycles. The molecular formula is C21H19N9O3. The minimum absolute atomic E-state index is 0.0777. The van der Waals surface area contributed by atoms with E-state index in [9.17, 15) is 9.59 Å². The van der Waals surface area contributed by atoms with Crippen molar-refractivity contribution >= 4 is 40.0 Å². The van der Waals surface area contributed by atoms with Gasteiger partial charge in [-0.2, -0.15) is 5.10 Å². The summed E-state index contributed by atoms with van der Waals surface area (Å²) in [6.45, 7) is -0.0777. The van der Waals surface area contributed by atoms with Crippen molar-refractivity contribution in [2.24, 2.45) is 19.2 Å². The Morgan fingerprint density at radius 3 is 2.70 bits per heavy atom. The van der Waals surface area contributed by atoms with E-state index in [4.69, 9.17) is 10.4 Å². The maximum atomic E-state index is 12.7. The van der Waals surface area contributed by atoms with Gasteiger partial charge in [-0.25, -0.2) is 19.8 Å². The van der Waals surface area contributed by atoms with Crippen LogP contribution in [0.25, 0.3) is 33.6 Å². The third-order valence-corrected chi connectivity index (χ3v) is 5.38. The summed E-state index contributed by atoms with van der Waals surface area (Å²) in [5.74, 6) is 0.0686. The number of nitrogen functional groups attached to an aromatic ring is 1. The van der Waals surface area contributed by atoms with E-state index in [0.29, 0.717) is 11.3 Å². The molecule has 0 aliphatic rings. The number of rotatable bonds is 5. The number of para-hydroxylation sites is 2. The van der Waals surface area contributed by atoms with Gasteiger partial charge in [0, 0.05) is 14.1 Å². The summed E-state index contributed by atoms with van der Waals surface area (Å²) in [4.78, 5) is 29.3. The van der Waals surface area contributed by atoms with Gasteiger partial charge >= 0.3 is 5.69 Å². The van der Waals surface area contributed by atoms with Gasteiger partial charge in [0.05, 0.1) is 28.3 Å². The maximum absolute atomic E-state index is 12.7. The van der Waals surface area contributed by atoms with Crippen LogP contribution in [0.5, 0.6) is 0 Å². The number of imidazole rings is 2. The zero-order chi connectivity index (χ0) is 23.1. The predicted molar refractivity (Wildman–Crippen MR) is 121 cm³/mol. The Balaban J connectivity index is 1.38. The molecule has 3 aromatic heterocycles. The Hall–Kier alpha value is -4.74. The van der Waals surface area contributed by atoms with Crippen LogP contribution < -0.4 is 16.8 Å². The van der Waals surface area contributed by atoms with Crippen LogP contribution in [0.4, 0.5) is 5.82 Å². The Bertz CT molecular complexity index is 1600. The SMILES string of the molecule is Cn1c(=O)n(C)c2cc(C=NNC(=O)Cn3c(-c4nonc4N)nc4ccccc43)ccc21. The second-order valence-electron chi connectivity index (χ2n) is 7.45. The Kier molecular flexibility index (Phi) is 4.74. The fraction of sp³-hybridized carbons (Fsp3) is 0.143. The van der Waals surface area contributed by atoms with Crippen molar-refractivity contribution < 1.29 is 9.42 Å². The van der Waals surface area contributed by atoms with Crippen LogP contribution >= 0.6 is 0 Å². The summed E-state index contributed by atoms with van der Waals surface area (Å²) < 4.78 is 9.49. The molecule has 0 bridgehead atoms. The molecule has 3 heterocycles. The summed E-state index contributed by atoms with van der Waals surface area (Å²) in [6, 6.07) is 12.8. The first kappa shape index (κ1) is 20.2. The second kappa shape index (κ2) is 7.75. The Morgan fingerprint density at radius 1 is 1.12 bits per heavy atom. The number of aryl methyl sites for hydroxylation is 2. The lowest BCUT2D eigenvalue weighted by Crippen LogP contribution is -2.23. The van der Waals surface area contributed by atoms with Crippen LogP contribution in [-0.4, -0.2) is 41.1 Å². The van der Waals surface area contributed by atoms with E-state index in [-0.39, 0.29) is 29.7 Å². The van der Waals surface area contributed by atoms with Crippen LogP contribution in [0.3, 0.4) is 0 Å². The van der Waals surface area contributed by atoms with Gasteiger partial charge in [0.15, 0.2) is 17.3 Å². The quantitative estimate of drug-likeness (QED) is 0.303. The number of amides is 1. The molecule has 5 rings (SSSR count). The number of hydrazone groups is 1. The van der Waals surface area contributed by atoms with Gasteiger partial charge in [-0.1, -0.05) is 18.2 Å². The van der Waals surface area contributed by atoms with Gasteiger partial charge in [-0.15, -0.1) is 0 Å². The number of nitrogens with two attached hydrogens (primary N) is 1. The molecule has 0 saturated heterocycles. The number of fused-ring (bicyclic) bond motifs is 2. The topological polar surface area (TPSA) is 151 Å². The molecule has 12 heteroatoms. The number of hydrogen-bond acceptors (Lipinski definition) is 8. The molecular weight excluding hydrogens is 426 g/mol. The van der Waals surface area contributed by atoms with E-state index >= 15 is 0 Å². The van der Waals surface area contributed by atoms with Gasteiger partial charge in [0.1, 0.15) is 6.54 Å². The average molecular weight is 445 g/mol. The van der Waals surface area contributed by atoms with E-state index in [1.165, 1.54) is 6.21 Å². The largest absolute Gasteiger partial charge is 0.379 e. The first-order chi connectivity index (χ1) is 15.9. The molecule has 33 heavy (non-hydrogen) atoms. The van der Waals surface area contributed by atoms with Crippen molar-refractivity contribution in [2.75, 3.05) is 5.73 Å². The van der Waals surface area contributed by atoms with E-state index < -0.39 is 0 Å². The zero-order valence-electron chi connectivity index (χ0n) is 17.8. The van der Waals surface area contributed by atoms with Crippen LogP contribution in [0.2, 0.25) is 0 Å². The molecule has 12 nitrogen and oxygen atoms in total.